The van der Waals surface area contributed by atoms with E-state index in [2.05, 4.69) is 5.32 Å². The van der Waals surface area contributed by atoms with Gasteiger partial charge in [0.05, 0.1) is 19.1 Å². The molecule has 25 heavy (non-hydrogen) atoms. The van der Waals surface area contributed by atoms with E-state index in [9.17, 15) is 13.2 Å². The van der Waals surface area contributed by atoms with E-state index < -0.39 is 15.7 Å². The number of benzene rings is 2. The number of amides is 1. The number of nitrogens with one attached hydrogen (secondary N) is 1. The Bertz CT molecular complexity index is 824. The standard InChI is InChI=1S/C17H19NO6S/c1-22-14-5-4-6-15(23-2)17(14)24-11-16(19)18-12-7-9-13(10-8-12)25(3,20)21/h4-10H,11H2,1-3H3,(H,18,19). The van der Waals surface area contributed by atoms with Crippen LogP contribution in [-0.2, 0) is 14.6 Å². The lowest BCUT2D eigenvalue weighted by atomic mass is 10.3. The van der Waals surface area contributed by atoms with Gasteiger partial charge in [-0.3, -0.25) is 4.79 Å². The van der Waals surface area contributed by atoms with Gasteiger partial charge in [0.15, 0.2) is 27.9 Å². The van der Waals surface area contributed by atoms with E-state index in [-0.39, 0.29) is 11.5 Å². The van der Waals surface area contributed by atoms with Crippen molar-refractivity contribution in [2.45, 2.75) is 4.90 Å². The van der Waals surface area contributed by atoms with Crippen LogP contribution in [0.1, 0.15) is 0 Å². The van der Waals surface area contributed by atoms with Crippen LogP contribution < -0.4 is 19.5 Å². The van der Waals surface area contributed by atoms with Gasteiger partial charge < -0.3 is 19.5 Å². The Morgan fingerprint density at radius 1 is 1.00 bits per heavy atom. The molecule has 0 aliphatic rings. The van der Waals surface area contributed by atoms with Gasteiger partial charge in [-0.25, -0.2) is 8.42 Å². The minimum absolute atomic E-state index is 0.181. The van der Waals surface area contributed by atoms with Crippen LogP contribution in [0.5, 0.6) is 17.2 Å². The number of sulfone groups is 1. The summed E-state index contributed by atoms with van der Waals surface area (Å²) in [5.41, 5.74) is 0.466. The number of hydrogen-bond donors (Lipinski definition) is 1. The van der Waals surface area contributed by atoms with Gasteiger partial charge in [0.2, 0.25) is 5.75 Å². The average Bonchev–Trinajstić information content (AvgIpc) is 2.59. The first-order valence-electron chi connectivity index (χ1n) is 7.29. The van der Waals surface area contributed by atoms with Crippen LogP contribution in [0.2, 0.25) is 0 Å². The Kier molecular flexibility index (Phi) is 5.87. The topological polar surface area (TPSA) is 90.9 Å². The number of methoxy groups -OCH3 is 2. The third-order valence-electron chi connectivity index (χ3n) is 3.30. The second-order valence-corrected chi connectivity index (χ2v) is 7.14. The van der Waals surface area contributed by atoms with Crippen molar-refractivity contribution in [2.24, 2.45) is 0 Å². The fourth-order valence-electron chi connectivity index (χ4n) is 2.08. The third kappa shape index (κ3) is 4.87. The molecule has 0 unspecified atom stereocenters. The summed E-state index contributed by atoms with van der Waals surface area (Å²) in [5.74, 6) is 0.824. The molecule has 0 aliphatic carbocycles. The first kappa shape index (κ1) is 18.6. The summed E-state index contributed by atoms with van der Waals surface area (Å²) in [7, 11) is -0.293. The van der Waals surface area contributed by atoms with E-state index in [0.717, 1.165) is 6.26 Å². The van der Waals surface area contributed by atoms with Crippen molar-refractivity contribution in [1.82, 2.24) is 0 Å². The molecule has 134 valence electrons. The zero-order valence-electron chi connectivity index (χ0n) is 14.1. The molecule has 1 N–H and O–H groups in total. The van der Waals surface area contributed by atoms with Gasteiger partial charge in [0.1, 0.15) is 0 Å². The fraction of sp³-hybridized carbons (Fsp3) is 0.235. The molecule has 1 amide bonds. The Morgan fingerprint density at radius 3 is 2.04 bits per heavy atom. The monoisotopic (exact) mass is 365 g/mol. The van der Waals surface area contributed by atoms with Crippen LogP contribution in [0.3, 0.4) is 0 Å². The number of rotatable bonds is 7. The van der Waals surface area contributed by atoms with Crippen LogP contribution in [0, 0.1) is 0 Å². The largest absolute Gasteiger partial charge is 0.493 e. The Labute approximate surface area is 146 Å². The lowest BCUT2D eigenvalue weighted by Crippen LogP contribution is -2.20. The van der Waals surface area contributed by atoms with Gasteiger partial charge >= 0.3 is 0 Å². The smallest absolute Gasteiger partial charge is 0.262 e. The molecule has 0 atom stereocenters. The van der Waals surface area contributed by atoms with Crippen LogP contribution >= 0.6 is 0 Å². The molecule has 2 aromatic rings. The summed E-state index contributed by atoms with van der Waals surface area (Å²) in [6, 6.07) is 11.0. The average molecular weight is 365 g/mol. The van der Waals surface area contributed by atoms with E-state index in [1.165, 1.54) is 38.5 Å². The fourth-order valence-corrected chi connectivity index (χ4v) is 2.71. The number of carbonyl (C=O) groups is 1. The summed E-state index contributed by atoms with van der Waals surface area (Å²) >= 11 is 0. The van der Waals surface area contributed by atoms with Gasteiger partial charge in [0, 0.05) is 11.9 Å². The van der Waals surface area contributed by atoms with Crippen molar-refractivity contribution in [3.8, 4) is 17.2 Å². The maximum atomic E-state index is 12.0. The van der Waals surface area contributed by atoms with E-state index in [4.69, 9.17) is 14.2 Å². The summed E-state index contributed by atoms with van der Waals surface area (Å²) in [4.78, 5) is 12.2. The molecule has 0 saturated heterocycles. The molecule has 0 aromatic heterocycles. The lowest BCUT2D eigenvalue weighted by Gasteiger charge is -2.14. The van der Waals surface area contributed by atoms with Crippen molar-refractivity contribution in [3.63, 3.8) is 0 Å². The third-order valence-corrected chi connectivity index (χ3v) is 4.42. The molecule has 0 heterocycles. The van der Waals surface area contributed by atoms with Crippen molar-refractivity contribution in [3.05, 3.63) is 42.5 Å². The minimum atomic E-state index is -3.27. The Balaban J connectivity index is 2.02. The Morgan fingerprint density at radius 2 is 1.56 bits per heavy atom. The lowest BCUT2D eigenvalue weighted by molar-refractivity contribution is -0.118. The highest BCUT2D eigenvalue weighted by Gasteiger charge is 2.13. The maximum absolute atomic E-state index is 12.0. The molecular formula is C17H19NO6S. The van der Waals surface area contributed by atoms with Gasteiger partial charge in [0.25, 0.3) is 5.91 Å². The van der Waals surface area contributed by atoms with Gasteiger partial charge in [-0.1, -0.05) is 6.07 Å². The van der Waals surface area contributed by atoms with Gasteiger partial charge in [-0.2, -0.15) is 0 Å². The number of hydrogen-bond acceptors (Lipinski definition) is 6. The molecule has 7 nitrogen and oxygen atoms in total. The normalized spacial score (nSPS) is 10.8. The highest BCUT2D eigenvalue weighted by atomic mass is 32.2. The van der Waals surface area contributed by atoms with Crippen LogP contribution in [0.25, 0.3) is 0 Å². The highest BCUT2D eigenvalue weighted by molar-refractivity contribution is 7.90. The highest BCUT2D eigenvalue weighted by Crippen LogP contribution is 2.36. The maximum Gasteiger partial charge on any atom is 0.262 e. The molecule has 0 radical (unpaired) electrons. The molecule has 0 aliphatic heterocycles. The van der Waals surface area contributed by atoms with E-state index in [0.29, 0.717) is 22.9 Å². The molecular weight excluding hydrogens is 346 g/mol. The minimum Gasteiger partial charge on any atom is -0.493 e. The SMILES string of the molecule is COc1cccc(OC)c1OCC(=O)Nc1ccc(S(C)(=O)=O)cc1. The second kappa shape index (κ2) is 7.89. The van der Waals surface area contributed by atoms with E-state index in [1.54, 1.807) is 18.2 Å². The predicted octanol–water partition coefficient (Wildman–Crippen LogP) is 2.12. The van der Waals surface area contributed by atoms with Gasteiger partial charge in [-0.05, 0) is 36.4 Å². The number of anilines is 1. The summed E-state index contributed by atoms with van der Waals surface area (Å²) in [6.45, 7) is -0.259. The van der Waals surface area contributed by atoms with Crippen LogP contribution in [0.15, 0.2) is 47.4 Å². The van der Waals surface area contributed by atoms with Crippen molar-refractivity contribution < 1.29 is 27.4 Å². The molecule has 0 saturated carbocycles. The van der Waals surface area contributed by atoms with Crippen LogP contribution in [-0.4, -0.2) is 41.4 Å². The van der Waals surface area contributed by atoms with Crippen molar-refractivity contribution in [2.75, 3.05) is 32.4 Å². The number of carbonyl (C=O) groups excluding carboxylic acids is 1. The van der Waals surface area contributed by atoms with Crippen LogP contribution in [0.4, 0.5) is 5.69 Å². The zero-order chi connectivity index (χ0) is 18.4. The summed E-state index contributed by atoms with van der Waals surface area (Å²) in [6.07, 6.45) is 1.12. The first-order valence-corrected chi connectivity index (χ1v) is 9.18. The predicted molar refractivity (Wildman–Crippen MR) is 93.2 cm³/mol. The van der Waals surface area contributed by atoms with Gasteiger partial charge in [-0.15, -0.1) is 0 Å². The quantitative estimate of drug-likeness (QED) is 0.808. The number of ether oxygens (including phenoxy) is 3. The molecule has 2 aromatic carbocycles. The molecule has 8 heteroatoms. The second-order valence-electron chi connectivity index (χ2n) is 5.13. The molecule has 0 spiro atoms. The van der Waals surface area contributed by atoms with Crippen molar-refractivity contribution >= 4 is 21.4 Å². The summed E-state index contributed by atoms with van der Waals surface area (Å²) < 4.78 is 38.7. The molecule has 0 fully saturated rings. The van der Waals surface area contributed by atoms with E-state index >= 15 is 0 Å². The Hall–Kier alpha value is -2.74. The molecule has 0 bridgehead atoms. The van der Waals surface area contributed by atoms with Crippen molar-refractivity contribution in [1.29, 1.82) is 0 Å². The molecule has 2 rings (SSSR count). The zero-order valence-corrected chi connectivity index (χ0v) is 14.9. The van der Waals surface area contributed by atoms with E-state index in [1.807, 2.05) is 0 Å². The number of para-hydroxylation sites is 1. The summed E-state index contributed by atoms with van der Waals surface area (Å²) in [5, 5.41) is 2.63. The first-order chi connectivity index (χ1) is 11.8.